The molecule has 172 valence electrons. The number of allylic oxidation sites excluding steroid dienone is 4. The molecule has 0 N–H and O–H groups in total. The summed E-state index contributed by atoms with van der Waals surface area (Å²) in [6.45, 7) is 2.48. The first kappa shape index (κ1) is 20.4. The zero-order chi connectivity index (χ0) is 22.6. The molecule has 5 atom stereocenters. The number of hydrogen-bond donors (Lipinski definition) is 0. The van der Waals surface area contributed by atoms with Gasteiger partial charge in [0.1, 0.15) is 0 Å². The molecule has 2 aliphatic heterocycles. The molecule has 1 saturated carbocycles. The van der Waals surface area contributed by atoms with Gasteiger partial charge in [0.15, 0.2) is 0 Å². The van der Waals surface area contributed by atoms with Crippen molar-refractivity contribution in [3.05, 3.63) is 75.5 Å². The van der Waals surface area contributed by atoms with Crippen LogP contribution < -0.4 is 0 Å². The van der Waals surface area contributed by atoms with Crippen molar-refractivity contribution < 1.29 is 9.38 Å². The number of hydrogen-bond acceptors (Lipinski definition) is 2. The van der Waals surface area contributed by atoms with Gasteiger partial charge in [-0.25, -0.2) is 0 Å². The summed E-state index contributed by atoms with van der Waals surface area (Å²) in [6, 6.07) is 7.21. The number of benzene rings is 1. The maximum absolute atomic E-state index is 12.8. The van der Waals surface area contributed by atoms with E-state index in [4.69, 9.17) is 4.74 Å². The molecule has 4 aliphatic carbocycles. The Bertz CT molecular complexity index is 1180. The van der Waals surface area contributed by atoms with Crippen LogP contribution in [0.4, 0.5) is 0 Å². The van der Waals surface area contributed by atoms with E-state index in [0.29, 0.717) is 5.92 Å². The normalized spacial score (nSPS) is 40.4. The Morgan fingerprint density at radius 2 is 2.03 bits per heavy atom. The molecule has 2 spiro atoms. The summed E-state index contributed by atoms with van der Waals surface area (Å²) < 4.78 is 7.11. The van der Waals surface area contributed by atoms with Crippen LogP contribution in [-0.4, -0.2) is 36.0 Å². The quantitative estimate of drug-likeness (QED) is 0.396. The van der Waals surface area contributed by atoms with Crippen LogP contribution >= 0.6 is 0 Å². The summed E-state index contributed by atoms with van der Waals surface area (Å²) in [7, 11) is 3.62. The van der Waals surface area contributed by atoms with Gasteiger partial charge >= 0.3 is 0 Å². The molecule has 7 rings (SSSR count). The molecule has 6 aliphatic rings. The zero-order valence-corrected chi connectivity index (χ0v) is 20.2. The topological polar surface area (TPSA) is 32.3 Å². The van der Waals surface area contributed by atoms with E-state index in [0.717, 1.165) is 51.4 Å². The Morgan fingerprint density at radius 1 is 1.15 bits per heavy atom. The lowest BCUT2D eigenvalue weighted by Crippen LogP contribution is -2.56. The predicted molar refractivity (Wildman–Crippen MR) is 133 cm³/mol. The van der Waals surface area contributed by atoms with Crippen LogP contribution in [0.3, 0.4) is 0 Å². The van der Waals surface area contributed by atoms with Crippen LogP contribution in [0.15, 0.2) is 53.6 Å². The SMILES string of the molecule is C[C@]12CC=C3C=C4CC[C@H]([N+](C)(C)[O-])C[C@]45CCC3(O5)[C@@H]1CC=C2c1ccc2c(c1)C=CC2. The predicted octanol–water partition coefficient (Wildman–Crippen LogP) is 6.35. The Kier molecular flexibility index (Phi) is 3.95. The lowest BCUT2D eigenvalue weighted by molar-refractivity contribution is -0.869. The van der Waals surface area contributed by atoms with E-state index < -0.39 is 0 Å². The molecule has 0 aromatic heterocycles. The van der Waals surface area contributed by atoms with E-state index in [1.165, 1.54) is 33.4 Å². The standard InChI is InChI=1S/C30H35NO2/c1-28-14-13-24-18-23-9-10-25(31(2,3)32)19-29(23)15-16-30(24,33-29)27(28)12-11-26(28)22-8-7-20-5-4-6-21(20)17-22/h4,6-8,11,13,17-18,25,27H,5,9-10,12,14-16,19H2,1-3H3/t25-,27+,28+,29+,30?/m0/s1. The first-order valence-electron chi connectivity index (χ1n) is 12.9. The molecule has 2 heterocycles. The minimum Gasteiger partial charge on any atom is -0.633 e. The Morgan fingerprint density at radius 3 is 2.88 bits per heavy atom. The fourth-order valence-electron chi connectivity index (χ4n) is 8.36. The van der Waals surface area contributed by atoms with Crippen molar-refractivity contribution in [2.24, 2.45) is 11.3 Å². The average molecular weight is 442 g/mol. The molecule has 3 nitrogen and oxygen atoms in total. The van der Waals surface area contributed by atoms with Gasteiger partial charge in [0.2, 0.25) is 0 Å². The first-order valence-corrected chi connectivity index (χ1v) is 12.9. The second kappa shape index (κ2) is 6.38. The molecule has 1 aromatic carbocycles. The van der Waals surface area contributed by atoms with Gasteiger partial charge in [-0.2, -0.15) is 0 Å². The summed E-state index contributed by atoms with van der Waals surface area (Å²) in [5.74, 6) is 0.469. The Labute approximate surface area is 197 Å². The molecule has 1 unspecified atom stereocenters. The van der Waals surface area contributed by atoms with Crippen molar-refractivity contribution in [3.8, 4) is 0 Å². The second-order valence-electron chi connectivity index (χ2n) is 12.2. The molecule has 2 bridgehead atoms. The number of rotatable bonds is 2. The largest absolute Gasteiger partial charge is 0.633 e. The summed E-state index contributed by atoms with van der Waals surface area (Å²) >= 11 is 0. The highest BCUT2D eigenvalue weighted by Gasteiger charge is 2.65. The van der Waals surface area contributed by atoms with Crippen molar-refractivity contribution in [1.29, 1.82) is 0 Å². The minimum atomic E-state index is -0.209. The molecule has 1 aromatic rings. The number of ether oxygens (including phenoxy) is 1. The van der Waals surface area contributed by atoms with Crippen molar-refractivity contribution in [3.63, 3.8) is 0 Å². The van der Waals surface area contributed by atoms with Gasteiger partial charge in [0.25, 0.3) is 0 Å². The van der Waals surface area contributed by atoms with Crippen LogP contribution in [0.25, 0.3) is 11.6 Å². The molecular formula is C30H35NO2. The maximum Gasteiger partial charge on any atom is 0.0980 e. The zero-order valence-electron chi connectivity index (χ0n) is 20.2. The van der Waals surface area contributed by atoms with E-state index in [1.807, 2.05) is 14.1 Å². The summed E-state index contributed by atoms with van der Waals surface area (Å²) in [4.78, 5) is 0. The number of nitrogens with zero attached hydrogens (tertiary/aromatic N) is 1. The molecule has 1 saturated heterocycles. The summed E-state index contributed by atoms with van der Waals surface area (Å²) in [6.07, 6.45) is 20.3. The van der Waals surface area contributed by atoms with Crippen molar-refractivity contribution >= 4 is 11.6 Å². The van der Waals surface area contributed by atoms with Gasteiger partial charge < -0.3 is 14.6 Å². The summed E-state index contributed by atoms with van der Waals surface area (Å²) in [5, 5.41) is 12.8. The smallest absolute Gasteiger partial charge is 0.0980 e. The van der Waals surface area contributed by atoms with E-state index in [2.05, 4.69) is 55.5 Å². The van der Waals surface area contributed by atoms with Crippen LogP contribution in [0.5, 0.6) is 0 Å². The molecule has 3 heteroatoms. The van der Waals surface area contributed by atoms with Crippen LogP contribution in [0.2, 0.25) is 0 Å². The Hall–Kier alpha value is -1.94. The van der Waals surface area contributed by atoms with Crippen molar-refractivity contribution in [1.82, 2.24) is 0 Å². The van der Waals surface area contributed by atoms with E-state index in [9.17, 15) is 5.21 Å². The van der Waals surface area contributed by atoms with Crippen molar-refractivity contribution in [2.45, 2.75) is 75.5 Å². The molecular weight excluding hydrogens is 406 g/mol. The second-order valence-corrected chi connectivity index (χ2v) is 12.2. The number of fused-ring (bicyclic) bond motifs is 2. The van der Waals surface area contributed by atoms with Crippen molar-refractivity contribution in [2.75, 3.05) is 14.1 Å². The molecule has 0 amide bonds. The highest BCUT2D eigenvalue weighted by Crippen LogP contribution is 2.67. The highest BCUT2D eigenvalue weighted by molar-refractivity contribution is 5.77. The lowest BCUT2D eigenvalue weighted by atomic mass is 9.58. The van der Waals surface area contributed by atoms with E-state index in [-0.39, 0.29) is 27.3 Å². The van der Waals surface area contributed by atoms with Gasteiger partial charge in [0.05, 0.1) is 31.3 Å². The number of hydroxylamine groups is 3. The fraction of sp³-hybridized carbons (Fsp3) is 0.533. The Balaban J connectivity index is 1.27. The lowest BCUT2D eigenvalue weighted by Gasteiger charge is -2.55. The van der Waals surface area contributed by atoms with Crippen LogP contribution in [0, 0.1) is 16.5 Å². The van der Waals surface area contributed by atoms with Crippen LogP contribution in [-0.2, 0) is 11.2 Å². The third-order valence-electron chi connectivity index (χ3n) is 10.2. The average Bonchev–Trinajstić information content (AvgIpc) is 3.46. The van der Waals surface area contributed by atoms with Gasteiger partial charge in [-0.15, -0.1) is 0 Å². The number of quaternary nitrogens is 1. The monoisotopic (exact) mass is 441 g/mol. The fourth-order valence-corrected chi connectivity index (χ4v) is 8.36. The van der Waals surface area contributed by atoms with Gasteiger partial charge in [0, 0.05) is 24.2 Å². The third-order valence-corrected chi connectivity index (χ3v) is 10.2. The molecule has 33 heavy (non-hydrogen) atoms. The van der Waals surface area contributed by atoms with Gasteiger partial charge in [-0.05, 0) is 78.0 Å². The first-order chi connectivity index (χ1) is 15.7. The van der Waals surface area contributed by atoms with Crippen LogP contribution in [0.1, 0.15) is 68.6 Å². The maximum atomic E-state index is 12.8. The minimum absolute atomic E-state index is 0.0961. The highest BCUT2D eigenvalue weighted by atomic mass is 16.5. The van der Waals surface area contributed by atoms with E-state index >= 15 is 0 Å². The van der Waals surface area contributed by atoms with E-state index in [1.54, 1.807) is 0 Å². The van der Waals surface area contributed by atoms with Gasteiger partial charge in [-0.1, -0.05) is 49.4 Å². The molecule has 0 radical (unpaired) electrons. The third kappa shape index (κ3) is 2.62. The molecule has 2 fully saturated rings. The summed E-state index contributed by atoms with van der Waals surface area (Å²) in [5.41, 5.74) is 8.34. The van der Waals surface area contributed by atoms with Gasteiger partial charge in [-0.3, -0.25) is 0 Å².